The van der Waals surface area contributed by atoms with Gasteiger partial charge in [0.2, 0.25) is 0 Å². The van der Waals surface area contributed by atoms with Crippen molar-refractivity contribution in [1.82, 2.24) is 29.7 Å². The van der Waals surface area contributed by atoms with Crippen LogP contribution in [0.5, 0.6) is 0 Å². The molecule has 7 nitrogen and oxygen atoms in total. The Morgan fingerprint density at radius 3 is 2.59 bits per heavy atom. The van der Waals surface area contributed by atoms with Crippen LogP contribution in [-0.2, 0) is 4.74 Å². The van der Waals surface area contributed by atoms with E-state index >= 15 is 0 Å². The molecule has 0 spiro atoms. The summed E-state index contributed by atoms with van der Waals surface area (Å²) in [5.74, 6) is 0.939. The van der Waals surface area contributed by atoms with E-state index in [1.807, 2.05) is 24.5 Å². The summed E-state index contributed by atoms with van der Waals surface area (Å²) >= 11 is 5.88. The standard InChI is InChI=1S/C26H32N6OS/c1-18-7-8-23(28-17-18)32-19(2)16-21(20(32)3)25-24(22-6-4-5-9-27-22)29-26(34)31(25)11-10-30-12-14-33-15-13-30/h4-9,16-17,24-25H,10-15H2,1-3H3,(H,29,34)/t24-,25-/m0/s1. The van der Waals surface area contributed by atoms with Crippen LogP contribution in [0.25, 0.3) is 5.82 Å². The first-order valence-electron chi connectivity index (χ1n) is 11.9. The van der Waals surface area contributed by atoms with Crippen molar-refractivity contribution in [2.24, 2.45) is 0 Å². The van der Waals surface area contributed by atoms with Crippen LogP contribution in [0.2, 0.25) is 0 Å². The Balaban J connectivity index is 1.52. The van der Waals surface area contributed by atoms with Gasteiger partial charge >= 0.3 is 0 Å². The summed E-state index contributed by atoms with van der Waals surface area (Å²) in [5, 5.41) is 4.37. The van der Waals surface area contributed by atoms with E-state index in [0.29, 0.717) is 0 Å². The first kappa shape index (κ1) is 23.0. The van der Waals surface area contributed by atoms with Gasteiger partial charge in [-0.05, 0) is 68.4 Å². The minimum atomic E-state index is -0.0154. The molecule has 5 rings (SSSR count). The number of hydrogen-bond acceptors (Lipinski definition) is 5. The summed E-state index contributed by atoms with van der Waals surface area (Å²) in [7, 11) is 0. The maximum Gasteiger partial charge on any atom is 0.170 e. The average Bonchev–Trinajstić information content (AvgIpc) is 3.34. The van der Waals surface area contributed by atoms with Crippen molar-refractivity contribution in [3.05, 3.63) is 77.0 Å². The van der Waals surface area contributed by atoms with Crippen LogP contribution >= 0.6 is 12.2 Å². The largest absolute Gasteiger partial charge is 0.379 e. The monoisotopic (exact) mass is 476 g/mol. The second kappa shape index (κ2) is 9.82. The van der Waals surface area contributed by atoms with Crippen molar-refractivity contribution in [1.29, 1.82) is 0 Å². The summed E-state index contributed by atoms with van der Waals surface area (Å²) < 4.78 is 7.77. The molecule has 0 radical (unpaired) electrons. The third kappa shape index (κ3) is 4.45. The summed E-state index contributed by atoms with van der Waals surface area (Å²) in [5.41, 5.74) is 5.75. The summed E-state index contributed by atoms with van der Waals surface area (Å²) in [6.45, 7) is 11.7. The fraction of sp³-hybridized carbons (Fsp3) is 0.423. The number of nitrogens with one attached hydrogen (secondary N) is 1. The fourth-order valence-electron chi connectivity index (χ4n) is 5.09. The van der Waals surface area contributed by atoms with Crippen LogP contribution in [-0.4, -0.2) is 68.8 Å². The highest BCUT2D eigenvalue weighted by Crippen LogP contribution is 2.41. The zero-order valence-corrected chi connectivity index (χ0v) is 20.9. The molecule has 34 heavy (non-hydrogen) atoms. The van der Waals surface area contributed by atoms with Gasteiger partial charge in [0.05, 0.1) is 31.0 Å². The van der Waals surface area contributed by atoms with Crippen molar-refractivity contribution in [3.8, 4) is 5.82 Å². The van der Waals surface area contributed by atoms with Crippen molar-refractivity contribution in [3.63, 3.8) is 0 Å². The van der Waals surface area contributed by atoms with Crippen LogP contribution in [0, 0.1) is 20.8 Å². The van der Waals surface area contributed by atoms with E-state index < -0.39 is 0 Å². The molecule has 3 aromatic rings. The van der Waals surface area contributed by atoms with E-state index in [-0.39, 0.29) is 12.1 Å². The molecule has 1 N–H and O–H groups in total. The van der Waals surface area contributed by atoms with Crippen LogP contribution in [0.4, 0.5) is 0 Å². The highest BCUT2D eigenvalue weighted by Gasteiger charge is 2.41. The molecule has 8 heteroatoms. The molecule has 2 aliphatic rings. The molecule has 5 heterocycles. The van der Waals surface area contributed by atoms with Crippen molar-refractivity contribution < 1.29 is 4.74 Å². The highest BCUT2D eigenvalue weighted by atomic mass is 32.1. The van der Waals surface area contributed by atoms with E-state index in [9.17, 15) is 0 Å². The molecule has 178 valence electrons. The van der Waals surface area contributed by atoms with Crippen LogP contribution < -0.4 is 5.32 Å². The topological polar surface area (TPSA) is 58.5 Å². The predicted molar refractivity (Wildman–Crippen MR) is 137 cm³/mol. The second-order valence-electron chi connectivity index (χ2n) is 9.13. The quantitative estimate of drug-likeness (QED) is 0.547. The maximum atomic E-state index is 5.88. The molecular formula is C26H32N6OS. The number of ether oxygens (including phenoxy) is 1. The number of aromatic nitrogens is 3. The molecular weight excluding hydrogens is 444 g/mol. The average molecular weight is 477 g/mol. The van der Waals surface area contributed by atoms with Gasteiger partial charge in [0, 0.05) is 50.0 Å². The Morgan fingerprint density at radius 2 is 1.88 bits per heavy atom. The summed E-state index contributed by atoms with van der Waals surface area (Å²) in [4.78, 5) is 14.2. The fourth-order valence-corrected chi connectivity index (χ4v) is 5.42. The van der Waals surface area contributed by atoms with E-state index in [2.05, 4.69) is 69.7 Å². The van der Waals surface area contributed by atoms with Gasteiger partial charge in [-0.3, -0.25) is 9.88 Å². The Hall–Kier alpha value is -2.81. The number of aryl methyl sites for hydroxylation is 2. The number of rotatable bonds is 6. The zero-order chi connectivity index (χ0) is 23.7. The van der Waals surface area contributed by atoms with E-state index in [0.717, 1.165) is 67.3 Å². The molecule has 2 fully saturated rings. The Bertz CT molecular complexity index is 1140. The van der Waals surface area contributed by atoms with Gasteiger partial charge in [-0.2, -0.15) is 0 Å². The third-order valence-electron chi connectivity index (χ3n) is 6.87. The van der Waals surface area contributed by atoms with E-state index in [1.54, 1.807) is 0 Å². The summed E-state index contributed by atoms with van der Waals surface area (Å²) in [6.07, 6.45) is 3.78. The van der Waals surface area contributed by atoms with Gasteiger partial charge < -0.3 is 19.5 Å². The number of morpholine rings is 1. The molecule has 0 bridgehead atoms. The second-order valence-corrected chi connectivity index (χ2v) is 9.52. The van der Waals surface area contributed by atoms with E-state index in [4.69, 9.17) is 21.9 Å². The van der Waals surface area contributed by atoms with Gasteiger partial charge in [0.25, 0.3) is 0 Å². The highest BCUT2D eigenvalue weighted by molar-refractivity contribution is 7.80. The van der Waals surface area contributed by atoms with Crippen molar-refractivity contribution in [2.45, 2.75) is 32.9 Å². The third-order valence-corrected chi connectivity index (χ3v) is 7.22. The lowest BCUT2D eigenvalue weighted by atomic mass is 9.97. The maximum absolute atomic E-state index is 5.88. The Morgan fingerprint density at radius 1 is 1.06 bits per heavy atom. The SMILES string of the molecule is Cc1ccc(-n2c(C)cc([C@H]3[C@H](c4ccccn4)NC(=S)N3CCN3CCOCC3)c2C)nc1. The zero-order valence-electron chi connectivity index (χ0n) is 20.1. The lowest BCUT2D eigenvalue weighted by Gasteiger charge is -2.32. The van der Waals surface area contributed by atoms with E-state index in [1.165, 1.54) is 11.3 Å². The smallest absolute Gasteiger partial charge is 0.170 e. The number of thiocarbonyl (C=S) groups is 1. The molecule has 2 aliphatic heterocycles. The first-order chi connectivity index (χ1) is 16.5. The molecule has 0 amide bonds. The molecule has 0 saturated carbocycles. The molecule has 0 aromatic carbocycles. The molecule has 0 unspecified atom stereocenters. The van der Waals surface area contributed by atoms with Gasteiger partial charge in [0.1, 0.15) is 5.82 Å². The lowest BCUT2D eigenvalue weighted by molar-refractivity contribution is 0.0350. The number of nitrogens with zero attached hydrogens (tertiary/aromatic N) is 5. The normalized spacial score (nSPS) is 21.1. The van der Waals surface area contributed by atoms with Crippen LogP contribution in [0.15, 0.2) is 48.8 Å². The van der Waals surface area contributed by atoms with Crippen LogP contribution in [0.1, 0.15) is 40.3 Å². The number of hydrogen-bond donors (Lipinski definition) is 1. The van der Waals surface area contributed by atoms with Crippen molar-refractivity contribution in [2.75, 3.05) is 39.4 Å². The Kier molecular flexibility index (Phi) is 6.63. The molecule has 2 saturated heterocycles. The molecule has 0 aliphatic carbocycles. The predicted octanol–water partition coefficient (Wildman–Crippen LogP) is 3.50. The minimum absolute atomic E-state index is 0.0154. The van der Waals surface area contributed by atoms with Gasteiger partial charge in [-0.25, -0.2) is 4.98 Å². The first-order valence-corrected chi connectivity index (χ1v) is 12.3. The Labute approximate surface area is 206 Å². The van der Waals surface area contributed by atoms with Crippen molar-refractivity contribution >= 4 is 17.3 Å². The van der Waals surface area contributed by atoms with Gasteiger partial charge in [-0.1, -0.05) is 12.1 Å². The van der Waals surface area contributed by atoms with Gasteiger partial charge in [-0.15, -0.1) is 0 Å². The van der Waals surface area contributed by atoms with Crippen LogP contribution in [0.3, 0.4) is 0 Å². The summed E-state index contributed by atoms with van der Waals surface area (Å²) in [6, 6.07) is 12.6. The van der Waals surface area contributed by atoms with Gasteiger partial charge in [0.15, 0.2) is 5.11 Å². The molecule has 3 aromatic heterocycles. The lowest BCUT2D eigenvalue weighted by Crippen LogP contribution is -2.42. The molecule has 2 atom stereocenters. The minimum Gasteiger partial charge on any atom is -0.379 e. The number of pyridine rings is 2.